The van der Waals surface area contributed by atoms with Crippen molar-refractivity contribution in [2.75, 3.05) is 0 Å². The zero-order chi connectivity index (χ0) is 13.8. The van der Waals surface area contributed by atoms with Gasteiger partial charge in [-0.1, -0.05) is 72.8 Å². The van der Waals surface area contributed by atoms with Crippen molar-refractivity contribution in [2.24, 2.45) is 0 Å². The van der Waals surface area contributed by atoms with Crippen LogP contribution in [0.3, 0.4) is 0 Å². The standard InChI is InChI=1S/C18H14SSi/c1-2-20(18-14-9-15-19-18,16-10-5-3-6-11-16)17-12-7-4-8-13-17/h1,3-15H. The smallest absolute Gasteiger partial charge is 0.152 e. The van der Waals surface area contributed by atoms with E-state index in [2.05, 4.69) is 71.6 Å². The summed E-state index contributed by atoms with van der Waals surface area (Å²) >= 11 is 1.76. The molecule has 0 saturated carbocycles. The number of hydrogen-bond acceptors (Lipinski definition) is 1. The van der Waals surface area contributed by atoms with Crippen LogP contribution in [0.5, 0.6) is 0 Å². The first-order chi connectivity index (χ1) is 9.88. The first-order valence-electron chi connectivity index (χ1n) is 6.51. The molecule has 3 rings (SSSR count). The van der Waals surface area contributed by atoms with Crippen molar-refractivity contribution >= 4 is 34.3 Å². The van der Waals surface area contributed by atoms with Crippen molar-refractivity contribution in [3.8, 4) is 12.0 Å². The SMILES string of the molecule is C#C[Si](c1ccccc1)(c1ccccc1)c1cccs1. The summed E-state index contributed by atoms with van der Waals surface area (Å²) in [6.45, 7) is 0. The lowest BCUT2D eigenvalue weighted by atomic mass is 10.4. The molecule has 0 aliphatic rings. The molecule has 0 aliphatic heterocycles. The molecule has 0 nitrogen and oxygen atoms in total. The van der Waals surface area contributed by atoms with E-state index in [1.54, 1.807) is 11.3 Å². The van der Waals surface area contributed by atoms with Gasteiger partial charge in [-0.25, -0.2) is 0 Å². The predicted octanol–water partition coefficient (Wildman–Crippen LogP) is 2.39. The first-order valence-corrected chi connectivity index (χ1v) is 9.38. The number of terminal acetylenes is 1. The zero-order valence-corrected chi connectivity index (χ0v) is 12.8. The van der Waals surface area contributed by atoms with Crippen molar-refractivity contribution in [1.29, 1.82) is 0 Å². The lowest BCUT2D eigenvalue weighted by Crippen LogP contribution is -2.65. The number of hydrogen-bond donors (Lipinski definition) is 0. The highest BCUT2D eigenvalue weighted by Gasteiger charge is 2.38. The molecule has 0 radical (unpaired) electrons. The van der Waals surface area contributed by atoms with E-state index < -0.39 is 8.07 Å². The lowest BCUT2D eigenvalue weighted by Gasteiger charge is -2.26. The highest BCUT2D eigenvalue weighted by atomic mass is 32.1. The highest BCUT2D eigenvalue weighted by molar-refractivity contribution is 7.34. The van der Waals surface area contributed by atoms with Crippen LogP contribution in [0.25, 0.3) is 0 Å². The van der Waals surface area contributed by atoms with Crippen molar-refractivity contribution < 1.29 is 0 Å². The molecule has 0 amide bonds. The van der Waals surface area contributed by atoms with E-state index in [4.69, 9.17) is 6.42 Å². The second-order valence-electron chi connectivity index (χ2n) is 4.60. The second kappa shape index (κ2) is 5.50. The van der Waals surface area contributed by atoms with Gasteiger partial charge in [-0.2, -0.15) is 11.3 Å². The Morgan fingerprint density at radius 1 is 0.750 bits per heavy atom. The van der Waals surface area contributed by atoms with E-state index in [-0.39, 0.29) is 0 Å². The zero-order valence-electron chi connectivity index (χ0n) is 11.0. The molecule has 20 heavy (non-hydrogen) atoms. The third-order valence-corrected chi connectivity index (χ3v) is 9.21. The van der Waals surface area contributed by atoms with Gasteiger partial charge in [0.1, 0.15) is 0 Å². The summed E-state index contributed by atoms with van der Waals surface area (Å²) in [5, 5.41) is 4.66. The molecule has 96 valence electrons. The summed E-state index contributed by atoms with van der Waals surface area (Å²) in [6, 6.07) is 25.3. The molecule has 0 spiro atoms. The monoisotopic (exact) mass is 290 g/mol. The summed E-state index contributed by atoms with van der Waals surface area (Å²) < 4.78 is 1.32. The fourth-order valence-corrected chi connectivity index (χ4v) is 7.92. The molecule has 0 fully saturated rings. The molecular weight excluding hydrogens is 276 g/mol. The first kappa shape index (κ1) is 12.9. The van der Waals surface area contributed by atoms with Gasteiger partial charge in [0.25, 0.3) is 0 Å². The van der Waals surface area contributed by atoms with Gasteiger partial charge in [0.15, 0.2) is 0 Å². The van der Waals surface area contributed by atoms with Gasteiger partial charge >= 0.3 is 0 Å². The van der Waals surface area contributed by atoms with E-state index in [9.17, 15) is 0 Å². The normalized spacial score (nSPS) is 10.9. The Labute approximate surface area is 124 Å². The lowest BCUT2D eigenvalue weighted by molar-refractivity contribution is 1.72. The summed E-state index contributed by atoms with van der Waals surface area (Å²) in [5.41, 5.74) is 3.20. The molecule has 0 unspecified atom stereocenters. The maximum Gasteiger partial charge on any atom is 0.239 e. The van der Waals surface area contributed by atoms with E-state index in [0.717, 1.165) is 0 Å². The Morgan fingerprint density at radius 3 is 1.70 bits per heavy atom. The Morgan fingerprint density at radius 2 is 1.30 bits per heavy atom. The van der Waals surface area contributed by atoms with Gasteiger partial charge < -0.3 is 0 Å². The van der Waals surface area contributed by atoms with Gasteiger partial charge in [0, 0.05) is 4.50 Å². The van der Waals surface area contributed by atoms with Crippen LogP contribution in [-0.2, 0) is 0 Å². The summed E-state index contributed by atoms with van der Waals surface area (Å²) in [6.07, 6.45) is 6.08. The molecule has 0 aliphatic carbocycles. The minimum atomic E-state index is -2.30. The summed E-state index contributed by atoms with van der Waals surface area (Å²) in [7, 11) is -2.30. The third kappa shape index (κ3) is 2.02. The van der Waals surface area contributed by atoms with Crippen molar-refractivity contribution in [1.82, 2.24) is 0 Å². The van der Waals surface area contributed by atoms with Crippen LogP contribution >= 0.6 is 11.3 Å². The molecule has 2 aromatic carbocycles. The molecule has 0 bridgehead atoms. The van der Waals surface area contributed by atoms with Crippen LogP contribution in [0.15, 0.2) is 78.2 Å². The van der Waals surface area contributed by atoms with Crippen molar-refractivity contribution in [3.63, 3.8) is 0 Å². The van der Waals surface area contributed by atoms with E-state index in [1.807, 2.05) is 12.1 Å². The number of thiophene rings is 1. The Kier molecular flexibility index (Phi) is 3.55. The molecular formula is C18H14SSi. The van der Waals surface area contributed by atoms with Crippen LogP contribution in [0.4, 0.5) is 0 Å². The highest BCUT2D eigenvalue weighted by Crippen LogP contribution is 2.09. The maximum atomic E-state index is 6.08. The summed E-state index contributed by atoms with van der Waals surface area (Å²) in [4.78, 5) is 0. The third-order valence-electron chi connectivity index (χ3n) is 3.52. The van der Waals surface area contributed by atoms with E-state index >= 15 is 0 Å². The minimum absolute atomic E-state index is 1.27. The molecule has 1 aromatic heterocycles. The van der Waals surface area contributed by atoms with Crippen LogP contribution in [-0.4, -0.2) is 8.07 Å². The average molecular weight is 290 g/mol. The fourth-order valence-electron chi connectivity index (χ4n) is 2.56. The van der Waals surface area contributed by atoms with Crippen molar-refractivity contribution in [2.45, 2.75) is 0 Å². The topological polar surface area (TPSA) is 0 Å². The second-order valence-corrected chi connectivity index (χ2v) is 9.40. The van der Waals surface area contributed by atoms with Gasteiger partial charge in [0.2, 0.25) is 8.07 Å². The van der Waals surface area contributed by atoms with E-state index in [1.165, 1.54) is 14.9 Å². The fraction of sp³-hybridized carbons (Fsp3) is 0. The minimum Gasteiger partial charge on any atom is -0.152 e. The maximum absolute atomic E-state index is 6.08. The largest absolute Gasteiger partial charge is 0.239 e. The number of benzene rings is 2. The van der Waals surface area contributed by atoms with Gasteiger partial charge in [-0.3, -0.25) is 0 Å². The Bertz CT molecular complexity index is 670. The Balaban J connectivity index is 2.31. The van der Waals surface area contributed by atoms with E-state index in [0.29, 0.717) is 0 Å². The summed E-state index contributed by atoms with van der Waals surface area (Å²) in [5.74, 6) is 0. The van der Waals surface area contributed by atoms with Crippen molar-refractivity contribution in [3.05, 3.63) is 78.2 Å². The molecule has 0 saturated heterocycles. The molecule has 0 N–H and O–H groups in total. The quantitative estimate of drug-likeness (QED) is 0.513. The van der Waals surface area contributed by atoms with Gasteiger partial charge in [0.05, 0.1) is 0 Å². The molecule has 2 heteroatoms. The van der Waals surface area contributed by atoms with Crippen LogP contribution in [0.1, 0.15) is 0 Å². The van der Waals surface area contributed by atoms with Crippen LogP contribution in [0, 0.1) is 12.0 Å². The molecule has 3 aromatic rings. The average Bonchev–Trinajstić information content (AvgIpc) is 3.06. The van der Waals surface area contributed by atoms with Gasteiger partial charge in [-0.15, -0.1) is 12.0 Å². The molecule has 0 atom stereocenters. The van der Waals surface area contributed by atoms with Crippen LogP contribution < -0.4 is 14.9 Å². The van der Waals surface area contributed by atoms with Gasteiger partial charge in [-0.05, 0) is 15.8 Å². The van der Waals surface area contributed by atoms with Crippen LogP contribution in [0.2, 0.25) is 0 Å². The predicted molar refractivity (Wildman–Crippen MR) is 90.7 cm³/mol. The Hall–Kier alpha value is -2.08. The number of rotatable bonds is 3. The molecule has 1 heterocycles.